The Hall–Kier alpha value is -4.56. The van der Waals surface area contributed by atoms with Gasteiger partial charge in [-0.25, -0.2) is 9.18 Å². The zero-order valence-electron chi connectivity index (χ0n) is 23.6. The van der Waals surface area contributed by atoms with Gasteiger partial charge in [-0.05, 0) is 49.7 Å². The third-order valence-corrected chi connectivity index (χ3v) is 8.44. The molecule has 4 heterocycles. The van der Waals surface area contributed by atoms with Gasteiger partial charge in [-0.1, -0.05) is 36.4 Å². The predicted molar refractivity (Wildman–Crippen MR) is 157 cm³/mol. The number of carbonyl (C=O) groups is 1. The first-order valence-electron chi connectivity index (χ1n) is 14.1. The van der Waals surface area contributed by atoms with Gasteiger partial charge in [0.1, 0.15) is 23.6 Å². The van der Waals surface area contributed by atoms with Crippen molar-refractivity contribution >= 4 is 33.6 Å². The molecule has 0 bridgehead atoms. The Bertz CT molecular complexity index is 1700. The monoisotopic (exact) mass is 569 g/mol. The fourth-order valence-electron chi connectivity index (χ4n) is 6.18. The third kappa shape index (κ3) is 5.03. The lowest BCUT2D eigenvalue weighted by Crippen LogP contribution is -2.55. The molecule has 6 rings (SSSR count). The molecule has 2 aromatic heterocycles. The number of benzene rings is 2. The molecule has 216 valence electrons. The van der Waals surface area contributed by atoms with Crippen LogP contribution < -0.4 is 9.64 Å². The number of piperazine rings is 1. The van der Waals surface area contributed by atoms with Crippen molar-refractivity contribution in [3.63, 3.8) is 0 Å². The lowest BCUT2D eigenvalue weighted by atomic mass is 9.97. The average molecular weight is 570 g/mol. The number of pyridine rings is 1. The second-order valence-corrected chi connectivity index (χ2v) is 11.0. The zero-order valence-corrected chi connectivity index (χ0v) is 23.6. The number of hydrogen-bond donors (Lipinski definition) is 1. The Morgan fingerprint density at radius 3 is 2.71 bits per heavy atom. The first-order valence-corrected chi connectivity index (χ1v) is 14.1. The van der Waals surface area contributed by atoms with E-state index in [-0.39, 0.29) is 42.8 Å². The van der Waals surface area contributed by atoms with Crippen molar-refractivity contribution in [3.05, 3.63) is 54.0 Å². The van der Waals surface area contributed by atoms with Crippen LogP contribution in [0.15, 0.2) is 42.6 Å². The van der Waals surface area contributed by atoms with E-state index in [0.717, 1.165) is 35.7 Å². The van der Waals surface area contributed by atoms with E-state index < -0.39 is 18.0 Å². The molecule has 2 aliphatic heterocycles. The summed E-state index contributed by atoms with van der Waals surface area (Å²) < 4.78 is 22.6. The van der Waals surface area contributed by atoms with Crippen molar-refractivity contribution in [2.75, 3.05) is 44.7 Å². The quantitative estimate of drug-likeness (QED) is 0.348. The number of fused-ring (bicyclic) bond motifs is 2. The summed E-state index contributed by atoms with van der Waals surface area (Å²) in [6, 6.07) is 13.5. The summed E-state index contributed by atoms with van der Waals surface area (Å²) in [7, 11) is 2.05. The number of hydrogen-bond acceptors (Lipinski definition) is 8. The van der Waals surface area contributed by atoms with Crippen LogP contribution >= 0.6 is 0 Å². The topological polar surface area (TPSA) is 119 Å². The highest BCUT2D eigenvalue weighted by atomic mass is 19.1. The van der Waals surface area contributed by atoms with Crippen LogP contribution in [-0.2, 0) is 0 Å². The summed E-state index contributed by atoms with van der Waals surface area (Å²) in [5.41, 5.74) is 1.95. The number of likely N-dealkylation sites (N-methyl/N-ethyl adjacent to an activating group) is 1. The number of aromatic nitrogens is 3. The SMILES string of the molecule is Cc1cccc2cccc(-c3ncc4c(N5CCN(C(=O)O)[C@@H](CC#N)C5)nc(OC[C@H]5CCCN5C)nc4c3F)c12. The number of rotatable bonds is 6. The maximum atomic E-state index is 16.5. The normalized spacial score (nSPS) is 19.4. The number of anilines is 1. The molecule has 0 unspecified atom stereocenters. The van der Waals surface area contributed by atoms with Crippen LogP contribution in [0.2, 0.25) is 0 Å². The molecule has 1 amide bonds. The molecule has 42 heavy (non-hydrogen) atoms. The number of halogens is 1. The molecule has 2 fully saturated rings. The standard InChI is InChI=1S/C31H32FN7O3/c1-19-6-3-7-20-8-4-10-23(25(19)20)27-26(32)28-24(16-34-27)29(36-30(35-28)42-18-22-9-5-13-37(22)2)38-14-15-39(31(40)41)21(17-38)11-12-33/h3-4,6-8,10,16,21-22H,5,9,11,13-15,17-18H2,1-2H3,(H,40,41)/t21-,22+/m0/s1. The Labute approximate surface area is 243 Å². The van der Waals surface area contributed by atoms with Crippen LogP contribution in [0.4, 0.5) is 15.0 Å². The molecule has 0 radical (unpaired) electrons. The molecule has 2 aliphatic rings. The number of amides is 1. The highest BCUT2D eigenvalue weighted by molar-refractivity contribution is 6.00. The lowest BCUT2D eigenvalue weighted by Gasteiger charge is -2.39. The Morgan fingerprint density at radius 2 is 1.98 bits per heavy atom. The number of ether oxygens (including phenoxy) is 1. The maximum absolute atomic E-state index is 16.5. The molecule has 0 saturated carbocycles. The van der Waals surface area contributed by atoms with Crippen molar-refractivity contribution in [2.24, 2.45) is 0 Å². The number of nitriles is 1. The molecule has 2 atom stereocenters. The van der Waals surface area contributed by atoms with Gasteiger partial charge >= 0.3 is 12.1 Å². The minimum absolute atomic E-state index is 0.0282. The van der Waals surface area contributed by atoms with Gasteiger partial charge in [0.2, 0.25) is 0 Å². The van der Waals surface area contributed by atoms with Gasteiger partial charge < -0.3 is 24.5 Å². The van der Waals surface area contributed by atoms with Crippen LogP contribution in [-0.4, -0.2) is 87.9 Å². The van der Waals surface area contributed by atoms with Gasteiger partial charge in [0.15, 0.2) is 5.82 Å². The molecule has 10 nitrogen and oxygen atoms in total. The van der Waals surface area contributed by atoms with E-state index in [1.54, 1.807) is 6.20 Å². The molecule has 4 aromatic rings. The minimum atomic E-state index is -1.07. The van der Waals surface area contributed by atoms with E-state index in [9.17, 15) is 15.2 Å². The van der Waals surface area contributed by atoms with Crippen LogP contribution in [0.25, 0.3) is 32.9 Å². The molecular formula is C31H32FN7O3. The van der Waals surface area contributed by atoms with E-state index in [1.165, 1.54) is 4.90 Å². The van der Waals surface area contributed by atoms with Crippen LogP contribution in [0.3, 0.4) is 0 Å². The molecular weight excluding hydrogens is 537 g/mol. The molecule has 2 saturated heterocycles. The Morgan fingerprint density at radius 1 is 1.17 bits per heavy atom. The fourth-order valence-corrected chi connectivity index (χ4v) is 6.18. The van der Waals surface area contributed by atoms with E-state index in [4.69, 9.17) is 9.72 Å². The summed E-state index contributed by atoms with van der Waals surface area (Å²) in [5, 5.41) is 21.3. The summed E-state index contributed by atoms with van der Waals surface area (Å²) in [6.45, 7) is 4.07. The van der Waals surface area contributed by atoms with Crippen molar-refractivity contribution in [2.45, 2.75) is 38.3 Å². The van der Waals surface area contributed by atoms with Gasteiger partial charge in [0, 0.05) is 37.4 Å². The number of carboxylic acid groups (broad SMARTS) is 1. The minimum Gasteiger partial charge on any atom is -0.465 e. The van der Waals surface area contributed by atoms with E-state index in [0.29, 0.717) is 29.9 Å². The molecule has 0 spiro atoms. The highest BCUT2D eigenvalue weighted by Gasteiger charge is 2.33. The van der Waals surface area contributed by atoms with Crippen LogP contribution in [0.1, 0.15) is 24.8 Å². The number of nitrogens with zero attached hydrogens (tertiary/aromatic N) is 7. The van der Waals surface area contributed by atoms with Crippen molar-refractivity contribution in [3.8, 4) is 23.3 Å². The highest BCUT2D eigenvalue weighted by Crippen LogP contribution is 2.36. The third-order valence-electron chi connectivity index (χ3n) is 8.44. The fraction of sp³-hybridized carbons (Fsp3) is 0.387. The van der Waals surface area contributed by atoms with Crippen LogP contribution in [0, 0.1) is 24.1 Å². The smallest absolute Gasteiger partial charge is 0.407 e. The maximum Gasteiger partial charge on any atom is 0.407 e. The number of likely N-dealkylation sites (tertiary alicyclic amines) is 1. The summed E-state index contributed by atoms with van der Waals surface area (Å²) in [6.07, 6.45) is 2.61. The molecule has 2 aromatic carbocycles. The van der Waals surface area contributed by atoms with Gasteiger partial charge in [0.25, 0.3) is 0 Å². The van der Waals surface area contributed by atoms with Gasteiger partial charge in [0.05, 0.1) is 23.9 Å². The van der Waals surface area contributed by atoms with Crippen molar-refractivity contribution in [1.82, 2.24) is 24.8 Å². The van der Waals surface area contributed by atoms with Gasteiger partial charge in [-0.3, -0.25) is 4.98 Å². The summed E-state index contributed by atoms with van der Waals surface area (Å²) in [4.78, 5) is 31.0. The summed E-state index contributed by atoms with van der Waals surface area (Å²) in [5.74, 6) is -0.165. The van der Waals surface area contributed by atoms with E-state index in [2.05, 4.69) is 28.0 Å². The Kier molecular flexibility index (Phi) is 7.47. The van der Waals surface area contributed by atoms with Crippen molar-refractivity contribution < 1.29 is 19.0 Å². The van der Waals surface area contributed by atoms with Crippen molar-refractivity contribution in [1.29, 1.82) is 5.26 Å². The first-order chi connectivity index (χ1) is 20.4. The largest absolute Gasteiger partial charge is 0.465 e. The second-order valence-electron chi connectivity index (χ2n) is 11.0. The zero-order chi connectivity index (χ0) is 29.4. The van der Waals surface area contributed by atoms with Gasteiger partial charge in [-0.15, -0.1) is 0 Å². The Balaban J connectivity index is 1.46. The lowest BCUT2D eigenvalue weighted by molar-refractivity contribution is 0.119. The van der Waals surface area contributed by atoms with Crippen LogP contribution in [0.5, 0.6) is 6.01 Å². The predicted octanol–water partition coefficient (Wildman–Crippen LogP) is 4.85. The second kappa shape index (κ2) is 11.4. The van der Waals surface area contributed by atoms with E-state index in [1.807, 2.05) is 48.2 Å². The molecule has 11 heteroatoms. The summed E-state index contributed by atoms with van der Waals surface area (Å²) >= 11 is 0. The van der Waals surface area contributed by atoms with Gasteiger partial charge in [-0.2, -0.15) is 15.2 Å². The molecule has 0 aliphatic carbocycles. The van der Waals surface area contributed by atoms with E-state index >= 15 is 4.39 Å². The molecule has 1 N–H and O–H groups in total. The average Bonchev–Trinajstić information content (AvgIpc) is 3.40. The number of aryl methyl sites for hydroxylation is 1. The first kappa shape index (κ1) is 27.6.